The Morgan fingerprint density at radius 3 is 2.71 bits per heavy atom. The van der Waals surface area contributed by atoms with Gasteiger partial charge in [0.1, 0.15) is 11.9 Å². The highest BCUT2D eigenvalue weighted by Crippen LogP contribution is 2.33. The van der Waals surface area contributed by atoms with Gasteiger partial charge in [-0.25, -0.2) is 13.9 Å². The summed E-state index contributed by atoms with van der Waals surface area (Å²) in [6.07, 6.45) is 7.58. The van der Waals surface area contributed by atoms with Crippen molar-refractivity contribution in [1.29, 1.82) is 0 Å². The zero-order valence-corrected chi connectivity index (χ0v) is 24.1. The lowest BCUT2D eigenvalue weighted by Gasteiger charge is -2.18. The topological polar surface area (TPSA) is 144 Å². The summed E-state index contributed by atoms with van der Waals surface area (Å²) in [5, 5.41) is 18.1. The summed E-state index contributed by atoms with van der Waals surface area (Å²) in [6.45, 7) is 0.355. The molecule has 2 saturated heterocycles. The normalized spacial score (nSPS) is 20.0. The molecule has 0 aliphatic carbocycles. The van der Waals surface area contributed by atoms with Gasteiger partial charge in [0.05, 0.1) is 17.8 Å². The van der Waals surface area contributed by atoms with Crippen LogP contribution in [0, 0.1) is 5.82 Å². The fourth-order valence-corrected chi connectivity index (χ4v) is 7.13. The molecule has 2 aromatic carbocycles. The lowest BCUT2D eigenvalue weighted by Crippen LogP contribution is -2.36. The van der Waals surface area contributed by atoms with E-state index in [0.717, 1.165) is 54.7 Å². The molecule has 10 nitrogen and oxygen atoms in total. The lowest BCUT2D eigenvalue weighted by atomic mass is 9.97. The van der Waals surface area contributed by atoms with Gasteiger partial charge in [-0.2, -0.15) is 11.8 Å². The molecule has 1 aromatic heterocycles. The Balaban J connectivity index is 1.19. The number of nitrogens with one attached hydrogen (secondary N) is 3. The molecule has 222 valence electrons. The standard InChI is InChI=1S/C30H36FN7O3S/c31-22-7-4-6-21(16-22)28(19-11-13-20(14-12-19)29(40)33-15-5-10-26(32)39)38-17-23(36-37-38)8-2-1-3-9-25-27-24(18-42-25)34-30(41)35-27/h4,6-7,11-14,16-17,24-25,27-28H,1-3,5,8-10,15,18H2,(H2,32,39)(H,33,40)(H2,34,35,41)/t24-,25-,27-,28?/m0/s1. The molecular weight excluding hydrogens is 557 g/mol. The summed E-state index contributed by atoms with van der Waals surface area (Å²) in [6, 6.07) is 13.5. The van der Waals surface area contributed by atoms with Crippen molar-refractivity contribution in [2.75, 3.05) is 12.3 Å². The van der Waals surface area contributed by atoms with E-state index in [0.29, 0.717) is 23.8 Å². The highest BCUT2D eigenvalue weighted by molar-refractivity contribution is 8.00. The third-order valence-electron chi connectivity index (χ3n) is 7.72. The first kappa shape index (κ1) is 29.6. The number of hydrogen-bond donors (Lipinski definition) is 4. The number of nitrogens with two attached hydrogens (primary N) is 1. The minimum atomic E-state index is -0.419. The minimum absolute atomic E-state index is 0.0508. The Kier molecular flexibility index (Phi) is 9.73. The van der Waals surface area contributed by atoms with Gasteiger partial charge in [0, 0.05) is 35.7 Å². The van der Waals surface area contributed by atoms with E-state index in [9.17, 15) is 18.8 Å². The Labute approximate surface area is 248 Å². The monoisotopic (exact) mass is 593 g/mol. The number of rotatable bonds is 14. The second kappa shape index (κ2) is 13.8. The predicted molar refractivity (Wildman–Crippen MR) is 159 cm³/mol. The number of urea groups is 1. The lowest BCUT2D eigenvalue weighted by molar-refractivity contribution is -0.118. The Morgan fingerprint density at radius 2 is 1.93 bits per heavy atom. The number of benzene rings is 2. The Hall–Kier alpha value is -3.93. The fraction of sp³-hybridized carbons (Fsp3) is 0.433. The molecule has 42 heavy (non-hydrogen) atoms. The summed E-state index contributed by atoms with van der Waals surface area (Å²) in [4.78, 5) is 35.0. The summed E-state index contributed by atoms with van der Waals surface area (Å²) in [5.41, 5.74) is 8.05. The molecule has 4 amide bonds. The predicted octanol–water partition coefficient (Wildman–Crippen LogP) is 3.32. The number of hydrogen-bond acceptors (Lipinski definition) is 6. The van der Waals surface area contributed by atoms with Crippen LogP contribution in [0.25, 0.3) is 0 Å². The van der Waals surface area contributed by atoms with Crippen LogP contribution in [-0.2, 0) is 11.2 Å². The molecule has 2 aliphatic rings. The van der Waals surface area contributed by atoms with Crippen LogP contribution >= 0.6 is 11.8 Å². The number of halogens is 1. The number of aryl methyl sites for hydroxylation is 1. The highest BCUT2D eigenvalue weighted by atomic mass is 32.2. The van der Waals surface area contributed by atoms with Crippen LogP contribution in [0.15, 0.2) is 54.7 Å². The van der Waals surface area contributed by atoms with Gasteiger partial charge in [0.15, 0.2) is 0 Å². The zero-order chi connectivity index (χ0) is 29.5. The number of aromatic nitrogens is 3. The average molecular weight is 594 g/mol. The van der Waals surface area contributed by atoms with Crippen molar-refractivity contribution in [3.8, 4) is 0 Å². The number of primary amides is 1. The maximum absolute atomic E-state index is 14.2. The zero-order valence-electron chi connectivity index (χ0n) is 23.3. The van der Waals surface area contributed by atoms with E-state index in [4.69, 9.17) is 5.73 Å². The molecule has 5 N–H and O–H groups in total. The minimum Gasteiger partial charge on any atom is -0.370 e. The molecule has 3 heterocycles. The molecule has 12 heteroatoms. The first-order chi connectivity index (χ1) is 20.4. The van der Waals surface area contributed by atoms with E-state index in [1.54, 1.807) is 22.9 Å². The van der Waals surface area contributed by atoms with Crippen LogP contribution in [0.3, 0.4) is 0 Å². The maximum Gasteiger partial charge on any atom is 0.315 e. The average Bonchev–Trinajstić information content (AvgIpc) is 3.68. The number of nitrogens with zero attached hydrogens (tertiary/aromatic N) is 3. The van der Waals surface area contributed by atoms with Gasteiger partial charge in [0.25, 0.3) is 5.91 Å². The van der Waals surface area contributed by atoms with Crippen molar-refractivity contribution in [1.82, 2.24) is 30.9 Å². The first-order valence-corrected chi connectivity index (χ1v) is 15.4. The van der Waals surface area contributed by atoms with Crippen LogP contribution in [0.4, 0.5) is 9.18 Å². The van der Waals surface area contributed by atoms with Gasteiger partial charge < -0.3 is 21.7 Å². The number of carbonyl (C=O) groups is 3. The molecular formula is C30H36FN7O3S. The Bertz CT molecular complexity index is 1400. The summed E-state index contributed by atoms with van der Waals surface area (Å²) in [5.74, 6) is -0.0151. The molecule has 0 radical (unpaired) electrons. The SMILES string of the molecule is NC(=O)CCCNC(=O)c1ccc(C(c2cccc(F)c2)n2cc(CCCCC[C@@H]3SC[C@@H]4NC(=O)N[C@@H]43)nn2)cc1. The van der Waals surface area contributed by atoms with Gasteiger partial charge in [-0.15, -0.1) is 5.10 Å². The summed E-state index contributed by atoms with van der Waals surface area (Å²) >= 11 is 1.93. The van der Waals surface area contributed by atoms with Crippen LogP contribution in [0.5, 0.6) is 0 Å². The van der Waals surface area contributed by atoms with Crippen molar-refractivity contribution >= 4 is 29.6 Å². The third kappa shape index (κ3) is 7.47. The largest absolute Gasteiger partial charge is 0.370 e. The van der Waals surface area contributed by atoms with Gasteiger partial charge in [-0.1, -0.05) is 42.3 Å². The van der Waals surface area contributed by atoms with Crippen molar-refractivity contribution in [3.05, 3.63) is 82.9 Å². The van der Waals surface area contributed by atoms with Crippen molar-refractivity contribution in [2.24, 2.45) is 5.73 Å². The Morgan fingerprint density at radius 1 is 1.10 bits per heavy atom. The number of carbonyl (C=O) groups excluding carboxylic acids is 3. The van der Waals surface area contributed by atoms with Crippen LogP contribution < -0.4 is 21.7 Å². The maximum atomic E-state index is 14.2. The quantitative estimate of drug-likeness (QED) is 0.167. The molecule has 3 aromatic rings. The van der Waals surface area contributed by atoms with Crippen molar-refractivity contribution in [3.63, 3.8) is 0 Å². The summed E-state index contributed by atoms with van der Waals surface area (Å²) in [7, 11) is 0. The van der Waals surface area contributed by atoms with E-state index in [1.807, 2.05) is 36.2 Å². The number of fused-ring (bicyclic) bond motifs is 1. The van der Waals surface area contributed by atoms with E-state index in [1.165, 1.54) is 12.1 Å². The van der Waals surface area contributed by atoms with Gasteiger partial charge >= 0.3 is 6.03 Å². The molecule has 4 atom stereocenters. The number of thioether (sulfide) groups is 1. The van der Waals surface area contributed by atoms with Crippen LogP contribution in [-0.4, -0.2) is 62.5 Å². The second-order valence-electron chi connectivity index (χ2n) is 10.8. The molecule has 1 unspecified atom stereocenters. The van der Waals surface area contributed by atoms with E-state index in [2.05, 4.69) is 26.3 Å². The van der Waals surface area contributed by atoms with E-state index >= 15 is 0 Å². The van der Waals surface area contributed by atoms with Gasteiger partial charge in [-0.05, 0) is 61.1 Å². The molecule has 0 bridgehead atoms. The van der Waals surface area contributed by atoms with Gasteiger partial charge in [0.2, 0.25) is 5.91 Å². The van der Waals surface area contributed by atoms with E-state index < -0.39 is 11.9 Å². The molecule has 2 fully saturated rings. The first-order valence-electron chi connectivity index (χ1n) is 14.4. The van der Waals surface area contributed by atoms with Crippen molar-refractivity contribution in [2.45, 2.75) is 68.3 Å². The van der Waals surface area contributed by atoms with Crippen LogP contribution in [0.1, 0.15) is 71.7 Å². The highest BCUT2D eigenvalue weighted by Gasteiger charge is 2.42. The van der Waals surface area contributed by atoms with Gasteiger partial charge in [-0.3, -0.25) is 9.59 Å². The molecule has 0 spiro atoms. The second-order valence-corrected chi connectivity index (χ2v) is 12.1. The number of unbranched alkanes of at least 4 members (excludes halogenated alkanes) is 2. The summed E-state index contributed by atoms with van der Waals surface area (Å²) < 4.78 is 16.0. The van der Waals surface area contributed by atoms with Crippen LogP contribution in [0.2, 0.25) is 0 Å². The molecule has 5 rings (SSSR count). The van der Waals surface area contributed by atoms with Crippen molar-refractivity contribution < 1.29 is 18.8 Å². The molecule has 2 aliphatic heterocycles. The third-order valence-corrected chi connectivity index (χ3v) is 9.23. The fourth-order valence-electron chi connectivity index (χ4n) is 5.58. The molecule has 0 saturated carbocycles. The van der Waals surface area contributed by atoms with E-state index in [-0.39, 0.29) is 36.3 Å². The number of amides is 4. The smallest absolute Gasteiger partial charge is 0.315 e.